The van der Waals surface area contributed by atoms with E-state index in [1.54, 1.807) is 0 Å². The molecule has 8 heteroatoms. The number of benzene rings is 1. The Labute approximate surface area is 117 Å². The van der Waals surface area contributed by atoms with Crippen molar-refractivity contribution in [1.29, 1.82) is 0 Å². The van der Waals surface area contributed by atoms with Crippen molar-refractivity contribution in [1.82, 2.24) is 0 Å². The largest absolute Gasteiger partial charge is 0.480 e. The summed E-state index contributed by atoms with van der Waals surface area (Å²) in [7, 11) is 0. The Kier molecular flexibility index (Phi) is 3.84. The van der Waals surface area contributed by atoms with E-state index in [0.29, 0.717) is 0 Å². The van der Waals surface area contributed by atoms with Gasteiger partial charge in [0.15, 0.2) is 0 Å². The first-order valence-corrected chi connectivity index (χ1v) is 6.15. The van der Waals surface area contributed by atoms with E-state index in [1.165, 1.54) is 6.07 Å². The molecule has 2 atom stereocenters. The number of halogens is 4. The third-order valence-corrected chi connectivity index (χ3v) is 3.37. The van der Waals surface area contributed by atoms with E-state index in [4.69, 9.17) is 16.7 Å². The number of carbonyl (C=O) groups is 1. The van der Waals surface area contributed by atoms with Crippen LogP contribution >= 0.6 is 11.6 Å². The molecule has 2 unspecified atom stereocenters. The Bertz CT molecular complexity index is 535. The smallest absolute Gasteiger partial charge is 0.416 e. The molecular weight excluding hydrogens is 299 g/mol. The number of aliphatic hydroxyl groups excluding tert-OH is 1. The van der Waals surface area contributed by atoms with Crippen molar-refractivity contribution in [2.24, 2.45) is 0 Å². The molecule has 1 aromatic carbocycles. The van der Waals surface area contributed by atoms with Gasteiger partial charge in [0.1, 0.15) is 12.3 Å². The lowest BCUT2D eigenvalue weighted by Crippen LogP contribution is -2.41. The number of anilines is 1. The second-order valence-electron chi connectivity index (χ2n) is 4.52. The molecule has 0 spiro atoms. The number of carboxylic acid groups (broad SMARTS) is 1. The second kappa shape index (κ2) is 5.14. The molecule has 2 rings (SSSR count). The van der Waals surface area contributed by atoms with Crippen molar-refractivity contribution in [2.45, 2.75) is 31.3 Å². The standard InChI is InChI=1S/C12H11ClF3NO3/c13-7-3-6(12(14,15)16)4-8(5-7)17-9(11(19)20)1-2-10(17)18/h3-5,9-10,18H,1-2H2,(H,19,20). The molecule has 1 saturated heterocycles. The van der Waals surface area contributed by atoms with Crippen LogP contribution in [-0.2, 0) is 11.0 Å². The number of hydrogen-bond donors (Lipinski definition) is 2. The normalized spacial score (nSPS) is 23.1. The maximum absolute atomic E-state index is 12.7. The Hall–Kier alpha value is -1.47. The Morgan fingerprint density at radius 3 is 2.50 bits per heavy atom. The third kappa shape index (κ3) is 2.83. The summed E-state index contributed by atoms with van der Waals surface area (Å²) >= 11 is 5.65. The fraction of sp³-hybridized carbons (Fsp3) is 0.417. The van der Waals surface area contributed by atoms with Crippen LogP contribution in [0.4, 0.5) is 18.9 Å². The van der Waals surface area contributed by atoms with E-state index >= 15 is 0 Å². The van der Waals surface area contributed by atoms with Crippen LogP contribution in [0.1, 0.15) is 18.4 Å². The van der Waals surface area contributed by atoms with Crippen LogP contribution in [0, 0.1) is 0 Å². The van der Waals surface area contributed by atoms with Gasteiger partial charge in [-0.3, -0.25) is 0 Å². The van der Waals surface area contributed by atoms with Gasteiger partial charge in [-0.2, -0.15) is 13.2 Å². The van der Waals surface area contributed by atoms with Crippen molar-refractivity contribution < 1.29 is 28.2 Å². The first-order valence-electron chi connectivity index (χ1n) is 5.77. The molecule has 0 saturated carbocycles. The van der Waals surface area contributed by atoms with E-state index in [9.17, 15) is 23.1 Å². The lowest BCUT2D eigenvalue weighted by Gasteiger charge is -2.28. The van der Waals surface area contributed by atoms with Gasteiger partial charge < -0.3 is 15.1 Å². The van der Waals surface area contributed by atoms with Gasteiger partial charge in [-0.1, -0.05) is 11.6 Å². The lowest BCUT2D eigenvalue weighted by molar-refractivity contribution is -0.138. The molecule has 1 fully saturated rings. The molecule has 1 heterocycles. The molecule has 110 valence electrons. The van der Waals surface area contributed by atoms with Gasteiger partial charge in [-0.25, -0.2) is 4.79 Å². The molecule has 20 heavy (non-hydrogen) atoms. The quantitative estimate of drug-likeness (QED) is 0.882. The molecule has 1 aromatic rings. The van der Waals surface area contributed by atoms with E-state index in [0.717, 1.165) is 17.0 Å². The van der Waals surface area contributed by atoms with Gasteiger partial charge in [-0.15, -0.1) is 0 Å². The van der Waals surface area contributed by atoms with Crippen molar-refractivity contribution in [3.63, 3.8) is 0 Å². The third-order valence-electron chi connectivity index (χ3n) is 3.15. The van der Waals surface area contributed by atoms with Gasteiger partial charge in [0.25, 0.3) is 0 Å². The van der Waals surface area contributed by atoms with Crippen LogP contribution < -0.4 is 4.90 Å². The van der Waals surface area contributed by atoms with Gasteiger partial charge in [-0.05, 0) is 31.0 Å². The SMILES string of the molecule is O=C(O)C1CCC(O)N1c1cc(Cl)cc(C(F)(F)F)c1. The molecular formula is C12H11ClF3NO3. The van der Waals surface area contributed by atoms with Gasteiger partial charge in [0.05, 0.1) is 5.56 Å². The van der Waals surface area contributed by atoms with E-state index < -0.39 is 30.0 Å². The number of carboxylic acids is 1. The average molecular weight is 310 g/mol. The summed E-state index contributed by atoms with van der Waals surface area (Å²) in [5.74, 6) is -1.20. The fourth-order valence-electron chi connectivity index (χ4n) is 2.27. The van der Waals surface area contributed by atoms with Crippen molar-refractivity contribution >= 4 is 23.3 Å². The van der Waals surface area contributed by atoms with E-state index in [2.05, 4.69) is 0 Å². The predicted molar refractivity (Wildman–Crippen MR) is 65.6 cm³/mol. The van der Waals surface area contributed by atoms with Crippen LogP contribution in [0.2, 0.25) is 5.02 Å². The fourth-order valence-corrected chi connectivity index (χ4v) is 2.50. The summed E-state index contributed by atoms with van der Waals surface area (Å²) in [6.45, 7) is 0. The Balaban J connectivity index is 2.46. The topological polar surface area (TPSA) is 60.8 Å². The van der Waals surface area contributed by atoms with Gasteiger partial charge in [0.2, 0.25) is 0 Å². The Morgan fingerprint density at radius 2 is 1.95 bits per heavy atom. The molecule has 0 aliphatic carbocycles. The maximum atomic E-state index is 12.7. The summed E-state index contributed by atoms with van der Waals surface area (Å²) in [5.41, 5.74) is -1.04. The summed E-state index contributed by atoms with van der Waals surface area (Å²) in [5, 5.41) is 18.7. The monoisotopic (exact) mass is 309 g/mol. The highest BCUT2D eigenvalue weighted by Crippen LogP contribution is 2.37. The predicted octanol–water partition coefficient (Wildman–Crippen LogP) is 2.73. The number of rotatable bonds is 2. The van der Waals surface area contributed by atoms with Crippen LogP contribution in [0.15, 0.2) is 18.2 Å². The van der Waals surface area contributed by atoms with Crippen LogP contribution in [0.3, 0.4) is 0 Å². The summed E-state index contributed by atoms with van der Waals surface area (Å²) in [6.07, 6.45) is -5.41. The second-order valence-corrected chi connectivity index (χ2v) is 4.95. The lowest BCUT2D eigenvalue weighted by atomic mass is 10.1. The molecule has 0 radical (unpaired) electrons. The van der Waals surface area contributed by atoms with Crippen LogP contribution in [-0.4, -0.2) is 28.5 Å². The van der Waals surface area contributed by atoms with Crippen molar-refractivity contribution in [3.05, 3.63) is 28.8 Å². The highest BCUT2D eigenvalue weighted by molar-refractivity contribution is 6.31. The molecule has 0 aromatic heterocycles. The van der Waals surface area contributed by atoms with Gasteiger partial charge >= 0.3 is 12.1 Å². The molecule has 4 nitrogen and oxygen atoms in total. The molecule has 0 amide bonds. The zero-order valence-corrected chi connectivity index (χ0v) is 10.8. The Morgan fingerprint density at radius 1 is 1.30 bits per heavy atom. The minimum absolute atomic E-state index is 0.0535. The summed E-state index contributed by atoms with van der Waals surface area (Å²) in [6, 6.07) is 1.69. The van der Waals surface area contributed by atoms with E-state index in [1.807, 2.05) is 0 Å². The number of aliphatic carboxylic acids is 1. The first kappa shape index (κ1) is 14.9. The zero-order valence-electron chi connectivity index (χ0n) is 10.1. The van der Waals surface area contributed by atoms with Gasteiger partial charge in [0, 0.05) is 10.7 Å². The van der Waals surface area contributed by atoms with Crippen LogP contribution in [0.25, 0.3) is 0 Å². The molecule has 2 N–H and O–H groups in total. The summed E-state index contributed by atoms with van der Waals surface area (Å²) < 4.78 is 38.2. The number of nitrogens with zero attached hydrogens (tertiary/aromatic N) is 1. The van der Waals surface area contributed by atoms with Crippen molar-refractivity contribution in [3.8, 4) is 0 Å². The minimum atomic E-state index is -4.59. The number of hydrogen-bond acceptors (Lipinski definition) is 3. The highest BCUT2D eigenvalue weighted by atomic mass is 35.5. The number of aliphatic hydroxyl groups is 1. The first-order chi connectivity index (χ1) is 9.20. The highest BCUT2D eigenvalue weighted by Gasteiger charge is 2.38. The summed E-state index contributed by atoms with van der Waals surface area (Å²) in [4.78, 5) is 12.1. The minimum Gasteiger partial charge on any atom is -0.480 e. The number of alkyl halides is 3. The average Bonchev–Trinajstić information content (AvgIpc) is 2.69. The van der Waals surface area contributed by atoms with E-state index in [-0.39, 0.29) is 23.6 Å². The van der Waals surface area contributed by atoms with Crippen LogP contribution in [0.5, 0.6) is 0 Å². The molecule has 1 aliphatic heterocycles. The molecule has 0 bridgehead atoms. The molecule has 1 aliphatic rings. The van der Waals surface area contributed by atoms with Crippen molar-refractivity contribution in [2.75, 3.05) is 4.90 Å². The zero-order chi connectivity index (χ0) is 15.1. The maximum Gasteiger partial charge on any atom is 0.416 e.